The van der Waals surface area contributed by atoms with Gasteiger partial charge in [0.2, 0.25) is 11.8 Å². The molecule has 0 radical (unpaired) electrons. The molecule has 0 aliphatic rings. The first-order valence-corrected chi connectivity index (χ1v) is 11.7. The highest BCUT2D eigenvalue weighted by Crippen LogP contribution is 2.33. The molecule has 0 spiro atoms. The van der Waals surface area contributed by atoms with Crippen molar-refractivity contribution in [2.24, 2.45) is 5.73 Å². The Kier molecular flexibility index (Phi) is 9.11. The smallest absolute Gasteiger partial charge is 0.272 e. The van der Waals surface area contributed by atoms with E-state index < -0.39 is 11.8 Å². The van der Waals surface area contributed by atoms with Crippen LogP contribution >= 0.6 is 34.8 Å². The molecule has 0 aliphatic heterocycles. The van der Waals surface area contributed by atoms with Gasteiger partial charge in [-0.15, -0.1) is 0 Å². The molecule has 1 aromatic heterocycles. The molecule has 9 nitrogen and oxygen atoms in total. The van der Waals surface area contributed by atoms with Gasteiger partial charge in [0.25, 0.3) is 5.91 Å². The molecule has 0 fully saturated rings. The minimum absolute atomic E-state index is 0.106. The third-order valence-electron chi connectivity index (χ3n) is 4.91. The van der Waals surface area contributed by atoms with E-state index in [4.69, 9.17) is 40.5 Å². The molecule has 35 heavy (non-hydrogen) atoms. The molecule has 0 saturated carbocycles. The largest absolute Gasteiger partial charge is 0.353 e. The standard InChI is InChI=1S/C23H23Cl3N6O3/c1-13-21(23(35)30-12-20(34)29-11-19(33)28-9-8-27)31-32(18-7-6-16(25)10-17(18)26)22(13)14-2-4-15(24)5-3-14/h2-7,10H,8-9,11-12,27H2,1H3,(H,28,33)(H,29,34)(H,30,35). The van der Waals surface area contributed by atoms with Crippen molar-refractivity contribution in [1.29, 1.82) is 0 Å². The summed E-state index contributed by atoms with van der Waals surface area (Å²) in [6, 6.07) is 12.0. The van der Waals surface area contributed by atoms with Crippen molar-refractivity contribution in [2.45, 2.75) is 6.92 Å². The molecule has 3 rings (SSSR count). The number of amides is 3. The van der Waals surface area contributed by atoms with Crippen molar-refractivity contribution >= 4 is 52.5 Å². The van der Waals surface area contributed by atoms with Gasteiger partial charge in [0.05, 0.1) is 29.5 Å². The molecule has 0 unspecified atom stereocenters. The number of hydrogen-bond donors (Lipinski definition) is 4. The third kappa shape index (κ3) is 6.73. The number of nitrogens with zero attached hydrogens (tertiary/aromatic N) is 2. The van der Waals surface area contributed by atoms with Crippen LogP contribution < -0.4 is 21.7 Å². The van der Waals surface area contributed by atoms with E-state index in [0.29, 0.717) is 45.1 Å². The van der Waals surface area contributed by atoms with Gasteiger partial charge in [-0.1, -0.05) is 46.9 Å². The average molecular weight is 538 g/mol. The number of benzene rings is 2. The zero-order valence-electron chi connectivity index (χ0n) is 18.7. The normalized spacial score (nSPS) is 10.7. The summed E-state index contributed by atoms with van der Waals surface area (Å²) in [6.45, 7) is 1.78. The van der Waals surface area contributed by atoms with Gasteiger partial charge in [-0.05, 0) is 37.3 Å². The monoisotopic (exact) mass is 536 g/mol. The fourth-order valence-electron chi connectivity index (χ4n) is 3.25. The van der Waals surface area contributed by atoms with E-state index in [-0.39, 0.29) is 24.7 Å². The molecule has 0 bridgehead atoms. The second kappa shape index (κ2) is 12.0. The number of nitrogens with two attached hydrogens (primary N) is 1. The minimum atomic E-state index is -0.565. The van der Waals surface area contributed by atoms with Crippen LogP contribution in [0.3, 0.4) is 0 Å². The van der Waals surface area contributed by atoms with Crippen LogP contribution in [0.25, 0.3) is 16.9 Å². The van der Waals surface area contributed by atoms with Gasteiger partial charge < -0.3 is 21.7 Å². The van der Waals surface area contributed by atoms with Crippen LogP contribution in [0.2, 0.25) is 15.1 Å². The van der Waals surface area contributed by atoms with E-state index >= 15 is 0 Å². The van der Waals surface area contributed by atoms with Crippen LogP contribution in [0.4, 0.5) is 0 Å². The summed E-state index contributed by atoms with van der Waals surface area (Å²) >= 11 is 18.5. The summed E-state index contributed by atoms with van der Waals surface area (Å²) in [7, 11) is 0. The highest BCUT2D eigenvalue weighted by Gasteiger charge is 2.23. The molecule has 0 saturated heterocycles. The van der Waals surface area contributed by atoms with Crippen molar-refractivity contribution in [3.63, 3.8) is 0 Å². The third-order valence-corrected chi connectivity index (χ3v) is 5.70. The van der Waals surface area contributed by atoms with Crippen molar-refractivity contribution in [3.8, 4) is 16.9 Å². The first-order valence-electron chi connectivity index (χ1n) is 10.5. The molecule has 184 valence electrons. The Hall–Kier alpha value is -3.11. The molecule has 0 aliphatic carbocycles. The summed E-state index contributed by atoms with van der Waals surface area (Å²) in [5, 5.41) is 13.3. The molecule has 1 heterocycles. The second-order valence-corrected chi connectivity index (χ2v) is 8.71. The lowest BCUT2D eigenvalue weighted by atomic mass is 10.1. The summed E-state index contributed by atoms with van der Waals surface area (Å²) in [5.74, 6) is -1.47. The lowest BCUT2D eigenvalue weighted by Gasteiger charge is -2.11. The Morgan fingerprint density at radius 1 is 0.914 bits per heavy atom. The molecular formula is C23H23Cl3N6O3. The van der Waals surface area contributed by atoms with Crippen LogP contribution in [-0.4, -0.2) is 53.7 Å². The van der Waals surface area contributed by atoms with Gasteiger partial charge in [0, 0.05) is 34.3 Å². The number of aromatic nitrogens is 2. The molecule has 2 aromatic carbocycles. The molecule has 3 aromatic rings. The van der Waals surface area contributed by atoms with Crippen LogP contribution in [0, 0.1) is 6.92 Å². The van der Waals surface area contributed by atoms with E-state index in [9.17, 15) is 14.4 Å². The summed E-state index contributed by atoms with van der Waals surface area (Å²) in [6.07, 6.45) is 0. The number of hydrogen-bond acceptors (Lipinski definition) is 5. The SMILES string of the molecule is Cc1c(C(=O)NCC(=O)NCC(=O)NCCN)nn(-c2ccc(Cl)cc2Cl)c1-c1ccc(Cl)cc1. The Bertz CT molecular complexity index is 1240. The van der Waals surface area contributed by atoms with Crippen LogP contribution in [-0.2, 0) is 9.59 Å². The van der Waals surface area contributed by atoms with E-state index in [0.717, 1.165) is 5.56 Å². The van der Waals surface area contributed by atoms with Crippen LogP contribution in [0.1, 0.15) is 16.1 Å². The minimum Gasteiger partial charge on any atom is -0.353 e. The first kappa shape index (κ1) is 26.5. The lowest BCUT2D eigenvalue weighted by Crippen LogP contribution is -2.42. The number of carbonyl (C=O) groups excluding carboxylic acids is 3. The Balaban J connectivity index is 1.84. The fourth-order valence-corrected chi connectivity index (χ4v) is 3.86. The predicted octanol–water partition coefficient (Wildman–Crippen LogP) is 2.73. The molecule has 12 heteroatoms. The van der Waals surface area contributed by atoms with Gasteiger partial charge in [0.1, 0.15) is 0 Å². The number of rotatable bonds is 9. The first-order chi connectivity index (χ1) is 16.7. The maximum absolute atomic E-state index is 12.9. The van der Waals surface area contributed by atoms with E-state index in [2.05, 4.69) is 21.0 Å². The van der Waals surface area contributed by atoms with Crippen LogP contribution in [0.5, 0.6) is 0 Å². The van der Waals surface area contributed by atoms with Crippen molar-refractivity contribution < 1.29 is 14.4 Å². The number of nitrogens with one attached hydrogen (secondary N) is 3. The molecule has 0 atom stereocenters. The Labute approximate surface area is 216 Å². The van der Waals surface area contributed by atoms with E-state index in [1.165, 1.54) is 0 Å². The Morgan fingerprint density at radius 2 is 1.54 bits per heavy atom. The number of carbonyl (C=O) groups is 3. The van der Waals surface area contributed by atoms with Gasteiger partial charge in [-0.3, -0.25) is 14.4 Å². The second-order valence-electron chi connectivity index (χ2n) is 7.43. The topological polar surface area (TPSA) is 131 Å². The highest BCUT2D eigenvalue weighted by atomic mass is 35.5. The zero-order valence-corrected chi connectivity index (χ0v) is 21.0. The fraction of sp³-hybridized carbons (Fsp3) is 0.217. The zero-order chi connectivity index (χ0) is 25.5. The van der Waals surface area contributed by atoms with Gasteiger partial charge in [0.15, 0.2) is 5.69 Å². The van der Waals surface area contributed by atoms with Crippen molar-refractivity contribution in [2.75, 3.05) is 26.2 Å². The Morgan fingerprint density at radius 3 is 2.20 bits per heavy atom. The highest BCUT2D eigenvalue weighted by molar-refractivity contribution is 6.35. The molecular weight excluding hydrogens is 515 g/mol. The maximum atomic E-state index is 12.9. The average Bonchev–Trinajstić information content (AvgIpc) is 3.17. The maximum Gasteiger partial charge on any atom is 0.272 e. The number of halogens is 3. The van der Waals surface area contributed by atoms with Gasteiger partial charge >= 0.3 is 0 Å². The van der Waals surface area contributed by atoms with E-state index in [1.54, 1.807) is 54.1 Å². The van der Waals surface area contributed by atoms with Gasteiger partial charge in [-0.2, -0.15) is 5.10 Å². The molecule has 3 amide bonds. The van der Waals surface area contributed by atoms with Gasteiger partial charge in [-0.25, -0.2) is 4.68 Å². The van der Waals surface area contributed by atoms with Crippen molar-refractivity contribution in [1.82, 2.24) is 25.7 Å². The molecule has 5 N–H and O–H groups in total. The summed E-state index contributed by atoms with van der Waals surface area (Å²) < 4.78 is 1.55. The van der Waals surface area contributed by atoms with Crippen LogP contribution in [0.15, 0.2) is 42.5 Å². The quantitative estimate of drug-likeness (QED) is 0.333. The predicted molar refractivity (Wildman–Crippen MR) is 136 cm³/mol. The summed E-state index contributed by atoms with van der Waals surface area (Å²) in [5.41, 5.74) is 7.88. The van der Waals surface area contributed by atoms with Crippen molar-refractivity contribution in [3.05, 3.63) is 68.8 Å². The van der Waals surface area contributed by atoms with E-state index in [1.807, 2.05) is 0 Å². The lowest BCUT2D eigenvalue weighted by molar-refractivity contribution is -0.125. The summed E-state index contributed by atoms with van der Waals surface area (Å²) in [4.78, 5) is 36.6.